The summed E-state index contributed by atoms with van der Waals surface area (Å²) in [6, 6.07) is 64.9. The van der Waals surface area contributed by atoms with E-state index in [-0.39, 0.29) is 0 Å². The Labute approximate surface area is 294 Å². The highest BCUT2D eigenvalue weighted by atomic mass is 14.9. The molecule has 0 unspecified atom stereocenters. The first-order valence-electron chi connectivity index (χ1n) is 16.7. The topological polar surface area (TPSA) is 24.7 Å². The van der Waals surface area contributed by atoms with Gasteiger partial charge in [0.2, 0.25) is 0 Å². The fourth-order valence-corrected chi connectivity index (χ4v) is 6.03. The van der Waals surface area contributed by atoms with Crippen LogP contribution in [0.3, 0.4) is 0 Å². The molecule has 0 atom stereocenters. The third-order valence-corrected chi connectivity index (χ3v) is 8.62. The minimum absolute atomic E-state index is 0.559. The average Bonchev–Trinajstić information content (AvgIpc) is 3.20. The van der Waals surface area contributed by atoms with E-state index < -0.39 is 0 Å². The van der Waals surface area contributed by atoms with Crippen molar-refractivity contribution in [2.24, 2.45) is 9.98 Å². The molecule has 0 fully saturated rings. The highest BCUT2D eigenvalue weighted by molar-refractivity contribution is 6.18. The molecule has 0 aliphatic carbocycles. The quantitative estimate of drug-likeness (QED) is 0.111. The van der Waals surface area contributed by atoms with Crippen LogP contribution in [0.4, 0.5) is 0 Å². The second kappa shape index (κ2) is 15.1. The summed E-state index contributed by atoms with van der Waals surface area (Å²) in [5, 5.41) is 0. The van der Waals surface area contributed by atoms with Crippen LogP contribution in [0.2, 0.25) is 0 Å². The van der Waals surface area contributed by atoms with Crippen molar-refractivity contribution in [3.63, 3.8) is 0 Å². The molecule has 0 amide bonds. The molecule has 7 aromatic carbocycles. The summed E-state index contributed by atoms with van der Waals surface area (Å²) in [5.74, 6) is 0.559. The molecule has 2 heteroatoms. The number of benzene rings is 7. The number of rotatable bonds is 9. The van der Waals surface area contributed by atoms with Gasteiger partial charge in [0, 0.05) is 16.7 Å². The van der Waals surface area contributed by atoms with E-state index in [1.165, 1.54) is 0 Å². The number of amidine groups is 1. The molecule has 0 spiro atoms. The van der Waals surface area contributed by atoms with Crippen LogP contribution in [0.5, 0.6) is 0 Å². The van der Waals surface area contributed by atoms with E-state index in [4.69, 9.17) is 9.98 Å². The number of nitrogens with zero attached hydrogens (tertiary/aromatic N) is 2. The molecule has 7 aromatic rings. The van der Waals surface area contributed by atoms with Crippen molar-refractivity contribution in [1.29, 1.82) is 0 Å². The second-order valence-electron chi connectivity index (χ2n) is 12.0. The lowest BCUT2D eigenvalue weighted by atomic mass is 9.94. The highest BCUT2D eigenvalue weighted by Gasteiger charge is 2.13. The third-order valence-electron chi connectivity index (χ3n) is 8.62. The fraction of sp³-hybridized carbons (Fsp3) is 0. The number of allylic oxidation sites excluding steroid dienone is 1. The number of aliphatic imine (C=N–C) groups is 2. The highest BCUT2D eigenvalue weighted by Crippen LogP contribution is 2.32. The van der Waals surface area contributed by atoms with Gasteiger partial charge in [-0.25, -0.2) is 9.98 Å². The van der Waals surface area contributed by atoms with Gasteiger partial charge in [-0.2, -0.15) is 0 Å². The van der Waals surface area contributed by atoms with Crippen LogP contribution in [0, 0.1) is 0 Å². The number of hydrogen-bond acceptors (Lipinski definition) is 1. The molecule has 0 radical (unpaired) electrons. The molecule has 7 rings (SSSR count). The molecule has 0 heterocycles. The maximum absolute atomic E-state index is 5.22. The molecule has 0 aliphatic heterocycles. The Hall–Kier alpha value is -6.64. The summed E-state index contributed by atoms with van der Waals surface area (Å²) in [4.78, 5) is 10.4. The minimum Gasteiger partial charge on any atom is -0.229 e. The summed E-state index contributed by atoms with van der Waals surface area (Å²) >= 11 is 0. The van der Waals surface area contributed by atoms with Gasteiger partial charge in [0.05, 0.1) is 11.4 Å². The van der Waals surface area contributed by atoms with Crippen molar-refractivity contribution < 1.29 is 0 Å². The first-order chi connectivity index (χ1) is 24.6. The van der Waals surface area contributed by atoms with Crippen LogP contribution in [0.25, 0.3) is 50.2 Å². The van der Waals surface area contributed by atoms with Crippen LogP contribution in [0.15, 0.2) is 217 Å². The Bertz CT molecular complexity index is 2190. The van der Waals surface area contributed by atoms with Crippen molar-refractivity contribution in [1.82, 2.24) is 0 Å². The lowest BCUT2D eigenvalue weighted by Crippen LogP contribution is -2.06. The Morgan fingerprint density at radius 3 is 1.06 bits per heavy atom. The molecule has 0 bridgehead atoms. The zero-order valence-electron chi connectivity index (χ0n) is 27.8. The summed E-state index contributed by atoms with van der Waals surface area (Å²) in [6.45, 7) is 8.70. The fourth-order valence-electron chi connectivity index (χ4n) is 6.03. The minimum atomic E-state index is 0.559. The van der Waals surface area contributed by atoms with Crippen molar-refractivity contribution in [3.05, 3.63) is 224 Å². The Morgan fingerprint density at radius 2 is 0.700 bits per heavy atom. The Kier molecular flexibility index (Phi) is 9.62. The standard InChI is InChI=1S/C48H36N2/c1-3-47(46-33-44(38-23-13-6-14-24-38)32-45(34-46)39-25-15-7-16-26-39)50-48(40-27-17-8-18-28-40)49-35(2)41-29-42(36-19-9-4-10-20-36)31-43(30-41)37-21-11-5-12-22-37/h3-34H,1-2H2. The predicted octanol–water partition coefficient (Wildman–Crippen LogP) is 12.4. The molecule has 0 saturated carbocycles. The van der Waals surface area contributed by atoms with Crippen LogP contribution in [0.1, 0.15) is 16.7 Å². The summed E-state index contributed by atoms with van der Waals surface area (Å²) in [7, 11) is 0. The van der Waals surface area contributed by atoms with Crippen molar-refractivity contribution >= 4 is 17.2 Å². The SMILES string of the molecule is C=CC(=NC(=NC(=C)c1cc(-c2ccccc2)cc(-c2ccccc2)c1)c1ccccc1)c1cc(-c2ccccc2)cc(-c2ccccc2)c1. The number of hydrogen-bond donors (Lipinski definition) is 0. The van der Waals surface area contributed by atoms with Gasteiger partial charge in [0.1, 0.15) is 0 Å². The van der Waals surface area contributed by atoms with Gasteiger partial charge in [0.15, 0.2) is 5.84 Å². The average molecular weight is 641 g/mol. The van der Waals surface area contributed by atoms with Gasteiger partial charge < -0.3 is 0 Å². The largest absolute Gasteiger partial charge is 0.229 e. The lowest BCUT2D eigenvalue weighted by molar-refractivity contribution is 1.44. The zero-order valence-corrected chi connectivity index (χ0v) is 27.8. The summed E-state index contributed by atoms with van der Waals surface area (Å²) < 4.78 is 0. The smallest absolute Gasteiger partial charge is 0.160 e. The molecule has 0 N–H and O–H groups in total. The monoisotopic (exact) mass is 640 g/mol. The molecular formula is C48H36N2. The Morgan fingerprint density at radius 1 is 0.360 bits per heavy atom. The maximum atomic E-state index is 5.22. The summed E-state index contributed by atoms with van der Waals surface area (Å²) in [6.07, 6.45) is 1.81. The first kappa shape index (κ1) is 31.9. The normalized spacial score (nSPS) is 11.6. The van der Waals surface area contributed by atoms with Crippen molar-refractivity contribution in [3.8, 4) is 44.5 Å². The van der Waals surface area contributed by atoms with E-state index in [9.17, 15) is 0 Å². The van der Waals surface area contributed by atoms with E-state index in [1.54, 1.807) is 0 Å². The third kappa shape index (κ3) is 7.41. The second-order valence-corrected chi connectivity index (χ2v) is 12.0. The van der Waals surface area contributed by atoms with Crippen LogP contribution in [-0.4, -0.2) is 11.5 Å². The van der Waals surface area contributed by atoms with Gasteiger partial charge in [-0.05, 0) is 87.0 Å². The van der Waals surface area contributed by atoms with Crippen LogP contribution in [-0.2, 0) is 0 Å². The molecule has 2 nitrogen and oxygen atoms in total. The zero-order chi connectivity index (χ0) is 34.1. The Balaban J connectivity index is 1.37. The lowest BCUT2D eigenvalue weighted by Gasteiger charge is -2.13. The molecule has 0 saturated heterocycles. The van der Waals surface area contributed by atoms with Crippen molar-refractivity contribution in [2.45, 2.75) is 0 Å². The van der Waals surface area contributed by atoms with Gasteiger partial charge in [-0.1, -0.05) is 165 Å². The van der Waals surface area contributed by atoms with Crippen LogP contribution >= 0.6 is 0 Å². The van der Waals surface area contributed by atoms with E-state index in [0.717, 1.165) is 66.9 Å². The van der Waals surface area contributed by atoms with Crippen molar-refractivity contribution in [2.75, 3.05) is 0 Å². The van der Waals surface area contributed by atoms with E-state index >= 15 is 0 Å². The van der Waals surface area contributed by atoms with Gasteiger partial charge in [-0.15, -0.1) is 0 Å². The van der Waals surface area contributed by atoms with Gasteiger partial charge in [-0.3, -0.25) is 0 Å². The van der Waals surface area contributed by atoms with E-state index in [0.29, 0.717) is 11.5 Å². The van der Waals surface area contributed by atoms with E-state index in [1.807, 2.05) is 60.7 Å². The van der Waals surface area contributed by atoms with Gasteiger partial charge in [0.25, 0.3) is 0 Å². The first-order valence-corrected chi connectivity index (χ1v) is 16.7. The summed E-state index contributed by atoms with van der Waals surface area (Å²) in [5.41, 5.74) is 13.0. The van der Waals surface area contributed by atoms with Gasteiger partial charge >= 0.3 is 0 Å². The molecule has 0 aliphatic rings. The molecular weight excluding hydrogens is 605 g/mol. The van der Waals surface area contributed by atoms with Crippen LogP contribution < -0.4 is 0 Å². The van der Waals surface area contributed by atoms with E-state index in [2.05, 4.69) is 147 Å². The maximum Gasteiger partial charge on any atom is 0.160 e. The predicted molar refractivity (Wildman–Crippen MR) is 213 cm³/mol. The molecule has 50 heavy (non-hydrogen) atoms. The molecule has 238 valence electrons. The molecule has 0 aromatic heterocycles.